The Morgan fingerprint density at radius 1 is 0.589 bits per heavy atom. The van der Waals surface area contributed by atoms with Gasteiger partial charge in [0.25, 0.3) is 0 Å². The van der Waals surface area contributed by atoms with Gasteiger partial charge in [-0.3, -0.25) is 9.97 Å². The van der Waals surface area contributed by atoms with Crippen molar-refractivity contribution in [3.63, 3.8) is 0 Å². The molecule has 14 heteroatoms. The Balaban J connectivity index is 0.000000172. The molecule has 56 heavy (non-hydrogen) atoms. The largest absolute Gasteiger partial charge is 0.366 e. The van der Waals surface area contributed by atoms with Gasteiger partial charge in [0, 0.05) is 91.2 Å². The molecule has 2 aromatic carbocycles. The molecule has 6 heterocycles. The number of halogens is 2. The van der Waals surface area contributed by atoms with Crippen molar-refractivity contribution < 1.29 is 18.4 Å². The molecule has 2 atom stereocenters. The number of pyridine rings is 2. The molecule has 2 fully saturated rings. The van der Waals surface area contributed by atoms with Gasteiger partial charge < -0.3 is 39.4 Å². The van der Waals surface area contributed by atoms with Crippen molar-refractivity contribution in [2.45, 2.75) is 25.9 Å². The molecule has 2 saturated heterocycles. The number of amides is 4. The highest BCUT2D eigenvalue weighted by molar-refractivity contribution is 5.86. The van der Waals surface area contributed by atoms with E-state index in [9.17, 15) is 18.4 Å². The molecule has 0 saturated carbocycles. The van der Waals surface area contributed by atoms with E-state index in [1.54, 1.807) is 34.3 Å². The molecule has 8 rings (SSSR count). The molecule has 0 unspecified atom stereocenters. The number of hydrogen-bond donors (Lipinski definition) is 2. The summed E-state index contributed by atoms with van der Waals surface area (Å²) in [5.41, 5.74) is 5.53. The summed E-state index contributed by atoms with van der Waals surface area (Å²) in [4.78, 5) is 40.6. The fraction of sp³-hybridized carbons (Fsp3) is 0.333. The zero-order valence-corrected chi connectivity index (χ0v) is 32.2. The lowest BCUT2D eigenvalue weighted by Gasteiger charge is -2.36. The van der Waals surface area contributed by atoms with Crippen LogP contribution in [-0.2, 0) is 14.1 Å². The van der Waals surface area contributed by atoms with E-state index in [1.807, 2.05) is 62.3 Å². The molecule has 6 aromatic rings. The summed E-state index contributed by atoms with van der Waals surface area (Å²) in [5, 5.41) is 8.55. The number of para-hydroxylation sites is 2. The fourth-order valence-electron chi connectivity index (χ4n) is 7.73. The van der Waals surface area contributed by atoms with Crippen molar-refractivity contribution in [2.24, 2.45) is 14.1 Å². The molecule has 0 bridgehead atoms. The van der Waals surface area contributed by atoms with Gasteiger partial charge in [0.1, 0.15) is 0 Å². The number of fused-ring (bicyclic) bond motifs is 2. The van der Waals surface area contributed by atoms with Crippen LogP contribution in [0.2, 0.25) is 0 Å². The number of benzene rings is 2. The van der Waals surface area contributed by atoms with Gasteiger partial charge in [-0.25, -0.2) is 18.4 Å². The molecule has 2 aliphatic heterocycles. The van der Waals surface area contributed by atoms with Crippen LogP contribution >= 0.6 is 0 Å². The van der Waals surface area contributed by atoms with Gasteiger partial charge in [-0.05, 0) is 60.0 Å². The lowest BCUT2D eigenvalue weighted by molar-refractivity contribution is 0.190. The number of rotatable bonds is 6. The standard InChI is InChI=1S/2C21H24FN5O/c2*1-15(17-5-3-4-16-7-9-25(2)20(16)17)24-21(28)27-12-10-26(11-13-27)19-6-8-23-14-18(19)22/h2*3-9,14-15H,10-13H2,1-2H3,(H,24,28)/t2*15-/m10/s1. The maximum Gasteiger partial charge on any atom is 0.317 e. The van der Waals surface area contributed by atoms with Gasteiger partial charge in [-0.1, -0.05) is 36.4 Å². The molecule has 2 aliphatic rings. The summed E-state index contributed by atoms with van der Waals surface area (Å²) in [6.45, 7) is 8.58. The first-order valence-electron chi connectivity index (χ1n) is 19.0. The van der Waals surface area contributed by atoms with Gasteiger partial charge >= 0.3 is 12.1 Å². The summed E-state index contributed by atoms with van der Waals surface area (Å²) < 4.78 is 32.0. The van der Waals surface area contributed by atoms with Crippen molar-refractivity contribution in [1.29, 1.82) is 0 Å². The van der Waals surface area contributed by atoms with E-state index in [1.165, 1.54) is 12.4 Å². The lowest BCUT2D eigenvalue weighted by atomic mass is 10.1. The lowest BCUT2D eigenvalue weighted by Crippen LogP contribution is -2.52. The quantitative estimate of drug-likeness (QED) is 0.198. The summed E-state index contributed by atoms with van der Waals surface area (Å²) >= 11 is 0. The Kier molecular flexibility index (Phi) is 11.3. The molecular weight excluding hydrogens is 715 g/mol. The third-order valence-corrected chi connectivity index (χ3v) is 10.8. The zero-order chi connectivity index (χ0) is 39.3. The van der Waals surface area contributed by atoms with E-state index >= 15 is 0 Å². The van der Waals surface area contributed by atoms with Gasteiger partial charge in [-0.15, -0.1) is 0 Å². The summed E-state index contributed by atoms with van der Waals surface area (Å²) in [7, 11) is 4.02. The monoisotopic (exact) mass is 762 g/mol. The Hall–Kier alpha value is -6.18. The molecule has 4 amide bonds. The second-order valence-corrected chi connectivity index (χ2v) is 14.4. The smallest absolute Gasteiger partial charge is 0.317 e. The number of nitrogens with one attached hydrogen (secondary N) is 2. The average molecular weight is 763 g/mol. The second kappa shape index (κ2) is 16.7. The van der Waals surface area contributed by atoms with Gasteiger partial charge in [-0.2, -0.15) is 0 Å². The third-order valence-electron chi connectivity index (χ3n) is 10.8. The topological polar surface area (TPSA) is 107 Å². The van der Waals surface area contributed by atoms with Crippen molar-refractivity contribution in [3.05, 3.63) is 121 Å². The maximum atomic E-state index is 13.9. The Morgan fingerprint density at radius 2 is 0.982 bits per heavy atom. The van der Waals surface area contributed by atoms with E-state index in [0.717, 1.165) is 32.9 Å². The molecule has 4 aromatic heterocycles. The number of hydrogen-bond acceptors (Lipinski definition) is 6. The van der Waals surface area contributed by atoms with Crippen LogP contribution in [0.1, 0.15) is 37.1 Å². The highest BCUT2D eigenvalue weighted by Gasteiger charge is 2.26. The SMILES string of the molecule is C[C@@H](NC(=O)N1CCN(c2ccncc2F)CC1)c1cccc2ccn(C)c12.C[C@H](NC(=O)N1CCN(c2ccncc2F)CC1)c1cccc2ccn(C)c12. The van der Waals surface area contributed by atoms with Crippen LogP contribution in [0.25, 0.3) is 21.8 Å². The highest BCUT2D eigenvalue weighted by atomic mass is 19.1. The summed E-state index contributed by atoms with van der Waals surface area (Å²) in [5.74, 6) is -0.658. The van der Waals surface area contributed by atoms with Gasteiger partial charge in [0.15, 0.2) is 11.6 Å². The highest BCUT2D eigenvalue weighted by Crippen LogP contribution is 2.27. The van der Waals surface area contributed by atoms with E-state index in [2.05, 4.69) is 66.1 Å². The van der Waals surface area contributed by atoms with Crippen LogP contribution in [0.3, 0.4) is 0 Å². The number of nitrogens with zero attached hydrogens (tertiary/aromatic N) is 8. The summed E-state index contributed by atoms with van der Waals surface area (Å²) in [6.07, 6.45) is 9.67. The van der Waals surface area contributed by atoms with E-state index in [-0.39, 0.29) is 35.8 Å². The van der Waals surface area contributed by atoms with E-state index in [0.29, 0.717) is 63.7 Å². The second-order valence-electron chi connectivity index (χ2n) is 14.4. The maximum absolute atomic E-state index is 13.9. The molecular formula is C42H48F2N10O2. The van der Waals surface area contributed by atoms with Crippen molar-refractivity contribution in [2.75, 3.05) is 62.2 Å². The molecule has 2 N–H and O–H groups in total. The number of carbonyl (C=O) groups excluding carboxylic acids is 2. The van der Waals surface area contributed by atoms with Crippen LogP contribution in [-0.4, -0.2) is 93.3 Å². The molecule has 0 spiro atoms. The normalized spacial score (nSPS) is 15.7. The minimum atomic E-state index is -0.329. The Morgan fingerprint density at radius 3 is 1.36 bits per heavy atom. The molecule has 0 radical (unpaired) electrons. The van der Waals surface area contributed by atoms with Crippen molar-refractivity contribution in [3.8, 4) is 0 Å². The Bertz CT molecular complexity index is 2150. The first-order chi connectivity index (χ1) is 27.1. The van der Waals surface area contributed by atoms with Crippen LogP contribution < -0.4 is 20.4 Å². The Labute approximate surface area is 325 Å². The van der Waals surface area contributed by atoms with E-state index < -0.39 is 0 Å². The van der Waals surface area contributed by atoms with Gasteiger partial charge in [0.05, 0.1) is 46.9 Å². The van der Waals surface area contributed by atoms with Crippen molar-refractivity contribution >= 4 is 45.2 Å². The van der Waals surface area contributed by atoms with Crippen LogP contribution in [0.5, 0.6) is 0 Å². The van der Waals surface area contributed by atoms with E-state index in [4.69, 9.17) is 0 Å². The molecule has 12 nitrogen and oxygen atoms in total. The minimum Gasteiger partial charge on any atom is -0.366 e. The van der Waals surface area contributed by atoms with Crippen LogP contribution in [0.4, 0.5) is 29.7 Å². The third kappa shape index (κ3) is 8.09. The minimum absolute atomic E-state index is 0.0893. The van der Waals surface area contributed by atoms with Crippen LogP contribution in [0, 0.1) is 11.6 Å². The summed E-state index contributed by atoms with van der Waals surface area (Å²) in [6, 6.07) is 19.4. The number of urea groups is 2. The fourth-order valence-corrected chi connectivity index (χ4v) is 7.73. The number of anilines is 2. The molecule has 292 valence electrons. The first-order valence-corrected chi connectivity index (χ1v) is 19.0. The zero-order valence-electron chi connectivity index (χ0n) is 32.2. The van der Waals surface area contributed by atoms with Gasteiger partial charge in [0.2, 0.25) is 0 Å². The predicted molar refractivity (Wildman–Crippen MR) is 216 cm³/mol. The predicted octanol–water partition coefficient (Wildman–Crippen LogP) is 6.61. The number of piperazine rings is 2. The van der Waals surface area contributed by atoms with Crippen LogP contribution in [0.15, 0.2) is 97.8 Å². The molecule has 0 aliphatic carbocycles. The number of aryl methyl sites for hydroxylation is 2. The first kappa shape index (κ1) is 38.1. The van der Waals surface area contributed by atoms with Crippen molar-refractivity contribution in [1.82, 2.24) is 39.5 Å². The number of carbonyl (C=O) groups is 2. The average Bonchev–Trinajstić information content (AvgIpc) is 3.80. The number of aromatic nitrogens is 4.